The minimum atomic E-state index is -0.704. The van der Waals surface area contributed by atoms with E-state index in [1.54, 1.807) is 63.2 Å². The summed E-state index contributed by atoms with van der Waals surface area (Å²) in [5, 5.41) is 7.65. The predicted molar refractivity (Wildman–Crippen MR) is 113 cm³/mol. The van der Waals surface area contributed by atoms with Gasteiger partial charge in [-0.1, -0.05) is 24.3 Å². The zero-order chi connectivity index (χ0) is 22.1. The van der Waals surface area contributed by atoms with Crippen LogP contribution < -0.4 is 16.0 Å². The number of para-hydroxylation sites is 2. The zero-order valence-electron chi connectivity index (χ0n) is 17.0. The van der Waals surface area contributed by atoms with Gasteiger partial charge in [-0.2, -0.15) is 0 Å². The van der Waals surface area contributed by atoms with E-state index < -0.39 is 23.5 Å². The van der Waals surface area contributed by atoms with E-state index in [0.29, 0.717) is 16.9 Å². The summed E-state index contributed by atoms with van der Waals surface area (Å²) in [5.41, 5.74) is 0.758. The summed E-state index contributed by atoms with van der Waals surface area (Å²) in [6, 6.07) is 12.3. The largest absolute Gasteiger partial charge is 0.444 e. The average molecular weight is 413 g/mol. The van der Waals surface area contributed by atoms with E-state index in [-0.39, 0.29) is 12.4 Å². The lowest BCUT2D eigenvalue weighted by Gasteiger charge is -2.19. The summed E-state index contributed by atoms with van der Waals surface area (Å²) in [7, 11) is 0. The van der Waals surface area contributed by atoms with E-state index in [1.165, 1.54) is 18.2 Å². The molecule has 0 heterocycles. The molecule has 3 N–H and O–H groups in total. The van der Waals surface area contributed by atoms with Crippen molar-refractivity contribution in [3.8, 4) is 0 Å². The number of hydrogen-bond acceptors (Lipinski definition) is 4. The molecule has 0 fully saturated rings. The van der Waals surface area contributed by atoms with Crippen LogP contribution in [0.1, 0.15) is 26.3 Å². The van der Waals surface area contributed by atoms with Gasteiger partial charge in [0, 0.05) is 6.08 Å². The predicted octanol–water partition coefficient (Wildman–Crippen LogP) is 3.94. The quantitative estimate of drug-likeness (QED) is 0.625. The topological polar surface area (TPSA) is 96.5 Å². The Morgan fingerprint density at radius 2 is 1.57 bits per heavy atom. The molecule has 0 aliphatic carbocycles. The molecule has 0 saturated carbocycles. The third kappa shape index (κ3) is 8.14. The van der Waals surface area contributed by atoms with Gasteiger partial charge in [0.25, 0.3) is 0 Å². The maximum atomic E-state index is 12.9. The van der Waals surface area contributed by atoms with Crippen LogP contribution in [0.4, 0.5) is 20.6 Å². The molecule has 7 nitrogen and oxygen atoms in total. The monoisotopic (exact) mass is 413 g/mol. The molecule has 3 amide bonds. The second kappa shape index (κ2) is 10.2. The number of carbonyl (C=O) groups excluding carboxylic acids is 3. The van der Waals surface area contributed by atoms with Crippen LogP contribution in [-0.2, 0) is 14.3 Å². The summed E-state index contributed by atoms with van der Waals surface area (Å²) in [4.78, 5) is 35.9. The van der Waals surface area contributed by atoms with Crippen LogP contribution in [0, 0.1) is 5.82 Å². The van der Waals surface area contributed by atoms with Gasteiger partial charge in [-0.25, -0.2) is 9.18 Å². The van der Waals surface area contributed by atoms with Crippen molar-refractivity contribution in [1.29, 1.82) is 0 Å². The van der Waals surface area contributed by atoms with E-state index in [4.69, 9.17) is 4.74 Å². The Labute approximate surface area is 174 Å². The molecule has 0 aliphatic rings. The van der Waals surface area contributed by atoms with Gasteiger partial charge in [-0.3, -0.25) is 9.59 Å². The highest BCUT2D eigenvalue weighted by Gasteiger charge is 2.17. The summed E-state index contributed by atoms with van der Waals surface area (Å²) in [5.74, 6) is -1.26. The maximum Gasteiger partial charge on any atom is 0.408 e. The Hall–Kier alpha value is -3.68. The van der Waals surface area contributed by atoms with Crippen LogP contribution >= 0.6 is 0 Å². The first-order chi connectivity index (χ1) is 14.1. The molecular formula is C22H24FN3O4. The molecule has 2 aromatic carbocycles. The molecule has 0 aromatic heterocycles. The Bertz CT molecular complexity index is 934. The Balaban J connectivity index is 1.93. The van der Waals surface area contributed by atoms with Crippen molar-refractivity contribution in [3.63, 3.8) is 0 Å². The lowest BCUT2D eigenvalue weighted by atomic mass is 10.2. The second-order valence-corrected chi connectivity index (χ2v) is 7.32. The summed E-state index contributed by atoms with van der Waals surface area (Å²) >= 11 is 0. The normalized spacial score (nSPS) is 11.1. The van der Waals surface area contributed by atoms with Gasteiger partial charge in [0.2, 0.25) is 11.8 Å². The molecule has 0 aliphatic heterocycles. The molecule has 158 valence electrons. The number of hydrogen-bond donors (Lipinski definition) is 3. The molecule has 2 rings (SSSR count). The number of ether oxygens (including phenoxy) is 1. The number of carbonyl (C=O) groups is 3. The fourth-order valence-corrected chi connectivity index (χ4v) is 2.28. The molecule has 0 atom stereocenters. The highest BCUT2D eigenvalue weighted by molar-refractivity contribution is 6.05. The minimum absolute atomic E-state index is 0.290. The lowest BCUT2D eigenvalue weighted by molar-refractivity contribution is -0.115. The number of rotatable bonds is 6. The standard InChI is InChI=1S/C22H24FN3O4/c1-22(2,3)30-21(29)24-14-20(28)26-18-7-5-4-6-17(18)25-19(27)13-10-15-8-11-16(23)12-9-15/h4-13H,14H2,1-3H3,(H,24,29)(H,25,27)(H,26,28)/b13-10+. The molecule has 0 saturated heterocycles. The van der Waals surface area contributed by atoms with E-state index >= 15 is 0 Å². The van der Waals surface area contributed by atoms with Crippen molar-refractivity contribution in [3.05, 3.63) is 66.0 Å². The fraction of sp³-hybridized carbons (Fsp3) is 0.227. The van der Waals surface area contributed by atoms with E-state index in [2.05, 4.69) is 16.0 Å². The molecule has 0 radical (unpaired) electrons. The summed E-state index contributed by atoms with van der Waals surface area (Å²) < 4.78 is 18.0. The van der Waals surface area contributed by atoms with Crippen LogP contribution in [0.25, 0.3) is 6.08 Å². The van der Waals surface area contributed by atoms with Crippen molar-refractivity contribution >= 4 is 35.4 Å². The first kappa shape index (κ1) is 22.6. The average Bonchev–Trinajstić information content (AvgIpc) is 2.66. The number of halogens is 1. The number of nitrogens with one attached hydrogen (secondary N) is 3. The lowest BCUT2D eigenvalue weighted by Crippen LogP contribution is -2.37. The van der Waals surface area contributed by atoms with Crippen LogP contribution in [-0.4, -0.2) is 30.1 Å². The van der Waals surface area contributed by atoms with Gasteiger partial charge < -0.3 is 20.7 Å². The van der Waals surface area contributed by atoms with Crippen molar-refractivity contribution in [1.82, 2.24) is 5.32 Å². The van der Waals surface area contributed by atoms with Crippen molar-refractivity contribution < 1.29 is 23.5 Å². The van der Waals surface area contributed by atoms with Crippen molar-refractivity contribution in [2.24, 2.45) is 0 Å². The Kier molecular flexibility index (Phi) is 7.69. The van der Waals surface area contributed by atoms with E-state index in [9.17, 15) is 18.8 Å². The van der Waals surface area contributed by atoms with Gasteiger partial charge in [-0.15, -0.1) is 0 Å². The number of amides is 3. The van der Waals surface area contributed by atoms with Gasteiger partial charge in [0.05, 0.1) is 11.4 Å². The molecule has 0 bridgehead atoms. The first-order valence-corrected chi connectivity index (χ1v) is 9.23. The van der Waals surface area contributed by atoms with E-state index in [1.807, 2.05) is 0 Å². The van der Waals surface area contributed by atoms with Crippen LogP contribution in [0.15, 0.2) is 54.6 Å². The fourth-order valence-electron chi connectivity index (χ4n) is 2.28. The second-order valence-electron chi connectivity index (χ2n) is 7.32. The van der Waals surface area contributed by atoms with Gasteiger partial charge in [0.1, 0.15) is 18.0 Å². The van der Waals surface area contributed by atoms with Gasteiger partial charge in [0.15, 0.2) is 0 Å². The number of anilines is 2. The third-order valence-electron chi connectivity index (χ3n) is 3.55. The highest BCUT2D eigenvalue weighted by Crippen LogP contribution is 2.21. The van der Waals surface area contributed by atoms with Crippen LogP contribution in [0.2, 0.25) is 0 Å². The van der Waals surface area contributed by atoms with Crippen LogP contribution in [0.5, 0.6) is 0 Å². The smallest absolute Gasteiger partial charge is 0.408 e. The molecule has 8 heteroatoms. The Morgan fingerprint density at radius 1 is 0.967 bits per heavy atom. The third-order valence-corrected chi connectivity index (χ3v) is 3.55. The minimum Gasteiger partial charge on any atom is -0.444 e. The molecule has 2 aromatic rings. The first-order valence-electron chi connectivity index (χ1n) is 9.23. The molecule has 30 heavy (non-hydrogen) atoms. The SMILES string of the molecule is CC(C)(C)OC(=O)NCC(=O)Nc1ccccc1NC(=O)/C=C/c1ccc(F)cc1. The maximum absolute atomic E-state index is 12.9. The van der Waals surface area contributed by atoms with E-state index in [0.717, 1.165) is 0 Å². The number of benzene rings is 2. The molecule has 0 unspecified atom stereocenters. The summed E-state index contributed by atoms with van der Waals surface area (Å²) in [6.45, 7) is 4.87. The highest BCUT2D eigenvalue weighted by atomic mass is 19.1. The zero-order valence-corrected chi connectivity index (χ0v) is 17.0. The van der Waals surface area contributed by atoms with Gasteiger partial charge in [-0.05, 0) is 56.7 Å². The number of alkyl carbamates (subject to hydrolysis) is 1. The van der Waals surface area contributed by atoms with Crippen molar-refractivity contribution in [2.75, 3.05) is 17.2 Å². The van der Waals surface area contributed by atoms with Gasteiger partial charge >= 0.3 is 6.09 Å². The summed E-state index contributed by atoms with van der Waals surface area (Å²) in [6.07, 6.45) is 2.14. The molecule has 0 spiro atoms. The van der Waals surface area contributed by atoms with Crippen molar-refractivity contribution in [2.45, 2.75) is 26.4 Å². The Morgan fingerprint density at radius 3 is 2.17 bits per heavy atom. The molecular weight excluding hydrogens is 389 g/mol. The van der Waals surface area contributed by atoms with Crippen LogP contribution in [0.3, 0.4) is 0 Å².